The van der Waals surface area contributed by atoms with Gasteiger partial charge in [0.2, 0.25) is 59.3 Å². The molecule has 113 heavy (non-hydrogen) atoms. The van der Waals surface area contributed by atoms with Crippen molar-refractivity contribution in [3.63, 3.8) is 0 Å². The number of aliphatic hydroxyl groups excluding tert-OH is 5. The number of carbonyl (C=O) groups excluding carboxylic acids is 9. The number of fused-ring (bicyclic) bond motifs is 15. The zero-order chi connectivity index (χ0) is 81.0. The highest BCUT2D eigenvalue weighted by atomic mass is 35.5. The van der Waals surface area contributed by atoms with Crippen LogP contribution in [0.25, 0.3) is 11.1 Å². The molecule has 5 aromatic carbocycles. The summed E-state index contributed by atoms with van der Waals surface area (Å²) in [7, 11) is 1.51. The molecule has 0 radical (unpaired) electrons. The number of nitrogens with one attached hydrogen (secondary N) is 10. The maximum atomic E-state index is 16.4. The zero-order valence-electron chi connectivity index (χ0n) is 63.2. The molecule has 6 heterocycles. The molecule has 33 heteroatoms. The lowest BCUT2D eigenvalue weighted by Crippen LogP contribution is -2.60. The van der Waals surface area contributed by atoms with Crippen LogP contribution in [0.1, 0.15) is 174 Å². The minimum absolute atomic E-state index is 0.0204. The maximum absolute atomic E-state index is 16.4. The molecule has 0 unspecified atom stereocenters. The molecule has 4 saturated carbocycles. The van der Waals surface area contributed by atoms with Crippen LogP contribution in [0.4, 0.5) is 4.79 Å². The number of rotatable bonds is 20. The summed E-state index contributed by atoms with van der Waals surface area (Å²) < 4.78 is 25.9. The Hall–Kier alpha value is -9.90. The lowest BCUT2D eigenvalue weighted by Gasteiger charge is -2.54. The van der Waals surface area contributed by atoms with E-state index in [4.69, 9.17) is 36.3 Å². The summed E-state index contributed by atoms with van der Waals surface area (Å²) in [6.07, 6.45) is -3.35. The van der Waals surface area contributed by atoms with Crippen molar-refractivity contribution in [2.75, 3.05) is 20.1 Å². The average molecular weight is 1590 g/mol. The third-order valence-electron chi connectivity index (χ3n) is 22.5. The normalized spacial score (nSPS) is 28.2. The van der Waals surface area contributed by atoms with E-state index in [0.717, 1.165) is 113 Å². The molecule has 6 aliphatic heterocycles. The molecule has 14 atom stereocenters. The number of hydrogen-bond acceptors (Lipinski definition) is 23. The van der Waals surface area contributed by atoms with Gasteiger partial charge in [-0.05, 0) is 176 Å². The molecular weight excluding hydrogens is 1490 g/mol. The van der Waals surface area contributed by atoms with Crippen molar-refractivity contribution in [3.05, 3.63) is 117 Å². The van der Waals surface area contributed by atoms with E-state index >= 15 is 28.8 Å². The lowest BCUT2D eigenvalue weighted by molar-refractivity contribution is -0.270. The standard InChI is InChI=1S/C80H100ClN11O21/c1-6-7-8-9-10-11-12-19-84-80(109)86-58(96)33-50-73(103)88-62-44-29-55(110-53-17-14-40(21-36(53)4)66(97)64(77(107)85-50)91-72(102)49(83-5)20-35(2)3)71(113-79-70(101)69(100)68(99)57(34-82)112-79)56(30-44)111-54-18-15-41(28-48(54)81)67(98)65-78(108)90-63(76(106)87-60-42-23-37-22-38(25-42)26-43(60)24-37)47-31-45(93)32-52(95)59(47)46-27-39(13-16-51(46)94)61(74(104)92-65)89-75(62)105/h13-18,21,27-32,35,37-38,42-43,49-50,57,60-70,79,83,93-95,97-101H,6-12,19-20,22-26,33-34,82H2,1-5H3,(H,85,107)(H,87,106)(H,88,103)(H,89,105)(H,90,108)(H,91,102)(H,92,104)(H2,84,86,96,109)/t37?,38?,42?,43?,49-,50+,57-,60?,61-,62-,63+,64-,65+,66-,67-,68-,69+,70-,79+/m1/s1. The summed E-state index contributed by atoms with van der Waals surface area (Å²) in [4.78, 5) is 137. The molecule has 20 N–H and O–H groups in total. The number of ether oxygens (including phenoxy) is 4. The first-order chi connectivity index (χ1) is 54.0. The van der Waals surface area contributed by atoms with Crippen molar-refractivity contribution in [1.29, 1.82) is 0 Å². The highest BCUT2D eigenvalue weighted by molar-refractivity contribution is 6.32. The molecule has 32 nitrogen and oxygen atoms in total. The van der Waals surface area contributed by atoms with Crippen LogP contribution in [-0.2, 0) is 43.1 Å². The van der Waals surface area contributed by atoms with E-state index in [0.29, 0.717) is 18.3 Å². The third-order valence-corrected chi connectivity index (χ3v) is 22.8. The van der Waals surface area contributed by atoms with E-state index in [2.05, 4.69) is 60.1 Å². The van der Waals surface area contributed by atoms with Gasteiger partial charge in [0.1, 0.15) is 102 Å². The number of urea groups is 1. The second-order valence-corrected chi connectivity index (χ2v) is 31.6. The van der Waals surface area contributed by atoms with Gasteiger partial charge >= 0.3 is 6.03 Å². The number of carbonyl (C=O) groups is 9. The molecule has 5 aromatic rings. The largest absolute Gasteiger partial charge is 0.508 e. The number of unbranched alkanes of at least 4 members (excludes halogenated alkanes) is 6. The number of aryl methyl sites for hydroxylation is 1. The van der Waals surface area contributed by atoms with E-state index < -0.39 is 192 Å². The number of phenols is 3. The van der Waals surface area contributed by atoms with Gasteiger partial charge in [0.15, 0.2) is 11.5 Å². The molecular formula is C80H100ClN11O21. The molecule has 4 aliphatic carbocycles. The van der Waals surface area contributed by atoms with Gasteiger partial charge in [-0.1, -0.05) is 89.1 Å². The molecule has 5 fully saturated rings. The van der Waals surface area contributed by atoms with E-state index in [-0.39, 0.29) is 92.2 Å². The first-order valence-corrected chi connectivity index (χ1v) is 39.0. The summed E-state index contributed by atoms with van der Waals surface area (Å²) in [5.74, 6) is -12.3. The second kappa shape index (κ2) is 35.6. The van der Waals surface area contributed by atoms with Crippen LogP contribution in [0.2, 0.25) is 5.02 Å². The Balaban J connectivity index is 1.03. The molecule has 15 rings (SSSR count). The minimum atomic E-state index is -2.31. The van der Waals surface area contributed by atoms with Crippen molar-refractivity contribution in [1.82, 2.24) is 53.2 Å². The fourth-order valence-corrected chi connectivity index (χ4v) is 17.1. The molecule has 10 aliphatic rings. The SMILES string of the molecule is CCCCCCCCCNC(=O)NC(=O)C[C@@H]1NC(=O)[C@H](NC(=O)[C@@H](CC(C)C)NC)[C@H](O)c2ccc(c(C)c2)Oc2cc3cc(c2O[C@@H]2O[C@H](CN)[C@@H](O)[C@H](O)[C@H]2O)Oc2ccc(cc2Cl)[C@@H](O)[C@@H]2NC(=O)[C@H](NC(=O)[C@@H]3NC1=O)c1ccc(O)c(c1)-c1c(O)cc(O)cc1[C@@H](C(=O)NC1C3CC4CC(C3)CC1C4)NC2=O. The zero-order valence-corrected chi connectivity index (χ0v) is 64.0. The number of aromatic hydroxyl groups is 3. The first-order valence-electron chi connectivity index (χ1n) is 38.6. The Morgan fingerprint density at radius 1 is 0.637 bits per heavy atom. The molecule has 0 aromatic heterocycles. The Labute approximate surface area is 656 Å². The summed E-state index contributed by atoms with van der Waals surface area (Å²) in [5.41, 5.74) is 4.38. The number of imide groups is 1. The summed E-state index contributed by atoms with van der Waals surface area (Å²) in [5, 5.41) is 121. The van der Waals surface area contributed by atoms with Gasteiger partial charge in [0, 0.05) is 36.3 Å². The van der Waals surface area contributed by atoms with E-state index in [1.165, 1.54) is 50.4 Å². The molecule has 0 spiro atoms. The van der Waals surface area contributed by atoms with Crippen molar-refractivity contribution in [3.8, 4) is 57.1 Å². The number of amides is 10. The lowest BCUT2D eigenvalue weighted by atomic mass is 9.54. The van der Waals surface area contributed by atoms with E-state index in [9.17, 15) is 55.2 Å². The highest BCUT2D eigenvalue weighted by Crippen LogP contribution is 2.55. The van der Waals surface area contributed by atoms with Gasteiger partial charge in [-0.2, -0.15) is 0 Å². The van der Waals surface area contributed by atoms with Crippen LogP contribution in [0, 0.1) is 36.5 Å². The first kappa shape index (κ1) is 82.6. The quantitative estimate of drug-likeness (QED) is 0.0479. The predicted octanol–water partition coefficient (Wildman–Crippen LogP) is 4.44. The Bertz CT molecular complexity index is 4400. The Morgan fingerprint density at radius 2 is 1.27 bits per heavy atom. The number of phenolic OH excluding ortho intramolecular Hbond substituents is 3. The van der Waals surface area contributed by atoms with Crippen molar-refractivity contribution in [2.24, 2.45) is 35.3 Å². The Morgan fingerprint density at radius 3 is 1.92 bits per heavy atom. The van der Waals surface area contributed by atoms with Gasteiger partial charge in [-0.25, -0.2) is 4.79 Å². The predicted molar refractivity (Wildman–Crippen MR) is 406 cm³/mol. The minimum Gasteiger partial charge on any atom is -0.508 e. The smallest absolute Gasteiger partial charge is 0.321 e. The number of likely N-dealkylation sites (N-methyl/N-ethyl adjacent to an activating group) is 1. The van der Waals surface area contributed by atoms with Crippen molar-refractivity contribution < 1.29 is 103 Å². The average Bonchev–Trinajstić information content (AvgIpc) is 0.755. The van der Waals surface area contributed by atoms with Crippen LogP contribution < -0.4 is 73.1 Å². The second-order valence-electron chi connectivity index (χ2n) is 31.2. The third kappa shape index (κ3) is 18.5. The van der Waals surface area contributed by atoms with Gasteiger partial charge in [0.25, 0.3) is 0 Å². The van der Waals surface area contributed by atoms with Crippen LogP contribution >= 0.6 is 11.6 Å². The fraction of sp³-hybridized carbons (Fsp3) is 0.512. The summed E-state index contributed by atoms with van der Waals surface area (Å²) >= 11 is 7.18. The van der Waals surface area contributed by atoms with Gasteiger partial charge in [0.05, 0.1) is 17.5 Å². The molecule has 15 bridgehead atoms. The topological polar surface area (TPSA) is 499 Å². The Kier molecular flexibility index (Phi) is 26.0. The number of nitrogens with two attached hydrogens (primary N) is 1. The molecule has 1 saturated heterocycles. The van der Waals surface area contributed by atoms with Crippen molar-refractivity contribution in [2.45, 2.75) is 209 Å². The monoisotopic (exact) mass is 1590 g/mol. The number of hydrogen-bond donors (Lipinski definition) is 19. The molecule has 10 amide bonds. The van der Waals surface area contributed by atoms with E-state index in [1.807, 2.05) is 13.8 Å². The van der Waals surface area contributed by atoms with Gasteiger partial charge in [-0.3, -0.25) is 43.7 Å². The summed E-state index contributed by atoms with van der Waals surface area (Å²) in [6.45, 7) is 7.02. The summed E-state index contributed by atoms with van der Waals surface area (Å²) in [6, 6.07) is 0.287. The van der Waals surface area contributed by atoms with Gasteiger partial charge in [-0.15, -0.1) is 0 Å². The number of benzene rings is 5. The van der Waals surface area contributed by atoms with Crippen LogP contribution in [-0.4, -0.2) is 175 Å². The van der Waals surface area contributed by atoms with Crippen molar-refractivity contribution >= 4 is 64.9 Å². The van der Waals surface area contributed by atoms with Crippen LogP contribution in [0.3, 0.4) is 0 Å². The molecule has 608 valence electrons. The highest BCUT2D eigenvalue weighted by Gasteiger charge is 2.51. The van der Waals surface area contributed by atoms with Crippen LogP contribution in [0.15, 0.2) is 78.9 Å². The maximum Gasteiger partial charge on any atom is 0.321 e. The number of halogens is 1. The number of aliphatic hydroxyl groups is 5. The van der Waals surface area contributed by atoms with Gasteiger partial charge < -0.3 is 113 Å². The van der Waals surface area contributed by atoms with Crippen LogP contribution in [0.5, 0.6) is 46.0 Å². The fourth-order valence-electron chi connectivity index (χ4n) is 16.9. The van der Waals surface area contributed by atoms with E-state index in [1.54, 1.807) is 0 Å².